The molecule has 0 atom stereocenters. The lowest BCUT2D eigenvalue weighted by Gasteiger charge is -2.14. The molecule has 3 rings (SSSR count). The second-order valence-electron chi connectivity index (χ2n) is 6.24. The number of nitro groups is 2. The van der Waals surface area contributed by atoms with Crippen LogP contribution in [0.15, 0.2) is 79.0 Å². The van der Waals surface area contributed by atoms with Crippen molar-refractivity contribution >= 4 is 11.8 Å². The van der Waals surface area contributed by atoms with Gasteiger partial charge in [-0.05, 0) is 23.3 Å². The number of benzene rings is 3. The Kier molecular flexibility index (Phi) is 6.73. The largest absolute Gasteiger partial charge is 0.485 e. The molecule has 0 saturated carbocycles. The Bertz CT molecular complexity index is 1050. The molecule has 8 nitrogen and oxygen atoms in total. The highest BCUT2D eigenvalue weighted by atomic mass is 16.6. The molecule has 3 aromatic carbocycles. The van der Waals surface area contributed by atoms with Gasteiger partial charge in [-0.15, -0.1) is 0 Å². The predicted molar refractivity (Wildman–Crippen MR) is 111 cm³/mol. The zero-order chi connectivity index (χ0) is 21.3. The van der Waals surface area contributed by atoms with Crippen LogP contribution >= 0.6 is 0 Å². The van der Waals surface area contributed by atoms with Crippen LogP contribution < -0.4 is 9.47 Å². The fourth-order valence-electron chi connectivity index (χ4n) is 2.75. The lowest BCUT2D eigenvalue weighted by Crippen LogP contribution is -2.04. The maximum absolute atomic E-state index is 11.8. The second kappa shape index (κ2) is 9.83. The highest BCUT2D eigenvalue weighted by Gasteiger charge is 2.25. The molecule has 0 N–H and O–H groups in total. The average molecular weight is 406 g/mol. The molecule has 30 heavy (non-hydrogen) atoms. The zero-order valence-electron chi connectivity index (χ0n) is 15.8. The fraction of sp³-hybridized carbons (Fsp3) is 0.0909. The van der Waals surface area contributed by atoms with E-state index in [2.05, 4.69) is 0 Å². The van der Waals surface area contributed by atoms with E-state index in [0.717, 1.165) is 17.2 Å². The van der Waals surface area contributed by atoms with Crippen molar-refractivity contribution in [3.05, 3.63) is 116 Å². The Morgan fingerprint density at radius 2 is 1.33 bits per heavy atom. The lowest BCUT2D eigenvalue weighted by atomic mass is 10.1. The first-order valence-corrected chi connectivity index (χ1v) is 9.01. The molecular weight excluding hydrogens is 388 g/mol. The summed E-state index contributed by atoms with van der Waals surface area (Å²) < 4.78 is 11.6. The summed E-state index contributed by atoms with van der Waals surface area (Å²) in [4.78, 5) is 21.1. The number of rotatable bonds is 9. The van der Waals surface area contributed by atoms with E-state index in [1.54, 1.807) is 0 Å². The molecule has 0 radical (unpaired) electrons. The summed E-state index contributed by atoms with van der Waals surface area (Å²) in [7, 11) is 0. The molecule has 0 bridgehead atoms. The molecule has 0 aromatic heterocycles. The third-order valence-corrected chi connectivity index (χ3v) is 4.15. The van der Waals surface area contributed by atoms with Crippen LogP contribution in [0.4, 0.5) is 5.69 Å². The third-order valence-electron chi connectivity index (χ3n) is 4.15. The van der Waals surface area contributed by atoms with Crippen molar-refractivity contribution in [2.75, 3.05) is 0 Å². The van der Waals surface area contributed by atoms with E-state index in [1.165, 1.54) is 12.1 Å². The topological polar surface area (TPSA) is 105 Å². The number of nitrogens with zero attached hydrogens (tertiary/aromatic N) is 2. The summed E-state index contributed by atoms with van der Waals surface area (Å²) in [6.07, 6.45) is 1.71. The van der Waals surface area contributed by atoms with Crippen LogP contribution in [-0.4, -0.2) is 9.85 Å². The van der Waals surface area contributed by atoms with Gasteiger partial charge in [0.1, 0.15) is 13.2 Å². The van der Waals surface area contributed by atoms with Crippen molar-refractivity contribution in [2.24, 2.45) is 0 Å². The normalized spacial score (nSPS) is 10.7. The zero-order valence-corrected chi connectivity index (χ0v) is 15.8. The van der Waals surface area contributed by atoms with Crippen molar-refractivity contribution in [1.82, 2.24) is 0 Å². The lowest BCUT2D eigenvalue weighted by molar-refractivity contribution is -0.401. The van der Waals surface area contributed by atoms with Gasteiger partial charge in [0, 0.05) is 6.08 Å². The molecule has 0 aliphatic rings. The molecule has 8 heteroatoms. The van der Waals surface area contributed by atoms with E-state index in [0.29, 0.717) is 6.20 Å². The minimum Gasteiger partial charge on any atom is -0.485 e. The van der Waals surface area contributed by atoms with Gasteiger partial charge in [0.15, 0.2) is 5.75 Å². The third kappa shape index (κ3) is 5.41. The first-order valence-electron chi connectivity index (χ1n) is 9.01. The fourth-order valence-corrected chi connectivity index (χ4v) is 2.75. The molecule has 0 saturated heterocycles. The predicted octanol–water partition coefficient (Wildman–Crippen LogP) is 5.00. The van der Waals surface area contributed by atoms with Crippen LogP contribution in [0.5, 0.6) is 11.5 Å². The highest BCUT2D eigenvalue weighted by molar-refractivity contribution is 5.70. The molecule has 0 heterocycles. The molecule has 152 valence electrons. The second-order valence-corrected chi connectivity index (χ2v) is 6.24. The minimum absolute atomic E-state index is 0.0480. The van der Waals surface area contributed by atoms with Crippen molar-refractivity contribution in [3.63, 3.8) is 0 Å². The average Bonchev–Trinajstić information content (AvgIpc) is 2.76. The van der Waals surface area contributed by atoms with Gasteiger partial charge in [0.2, 0.25) is 11.9 Å². The van der Waals surface area contributed by atoms with Gasteiger partial charge in [-0.25, -0.2) is 0 Å². The van der Waals surface area contributed by atoms with E-state index in [-0.39, 0.29) is 30.3 Å². The van der Waals surface area contributed by atoms with Crippen LogP contribution in [-0.2, 0) is 13.2 Å². The van der Waals surface area contributed by atoms with E-state index < -0.39 is 15.5 Å². The molecule has 0 spiro atoms. The first kappa shape index (κ1) is 20.5. The van der Waals surface area contributed by atoms with E-state index in [4.69, 9.17) is 9.47 Å². The summed E-state index contributed by atoms with van der Waals surface area (Å²) in [6.45, 7) is 0.259. The smallest absolute Gasteiger partial charge is 0.322 e. The molecule has 0 unspecified atom stereocenters. The Balaban J connectivity index is 1.97. The van der Waals surface area contributed by atoms with Crippen molar-refractivity contribution in [1.29, 1.82) is 0 Å². The summed E-state index contributed by atoms with van der Waals surface area (Å²) in [5.74, 6) is 0.102. The molecule has 0 aliphatic carbocycles. The summed E-state index contributed by atoms with van der Waals surface area (Å²) in [6, 6.07) is 21.4. The molecule has 3 aromatic rings. The number of ether oxygens (including phenoxy) is 2. The summed E-state index contributed by atoms with van der Waals surface area (Å²) in [5.41, 5.74) is 1.35. The van der Waals surface area contributed by atoms with Gasteiger partial charge in [-0.1, -0.05) is 60.7 Å². The Hall–Kier alpha value is -4.20. The van der Waals surface area contributed by atoms with E-state index >= 15 is 0 Å². The van der Waals surface area contributed by atoms with Crippen LogP contribution in [0.25, 0.3) is 6.08 Å². The highest BCUT2D eigenvalue weighted by Crippen LogP contribution is 2.41. The monoisotopic (exact) mass is 406 g/mol. The molecule has 0 aliphatic heterocycles. The van der Waals surface area contributed by atoms with Gasteiger partial charge < -0.3 is 9.47 Å². The standard InChI is InChI=1S/C22H18N2O6/c25-23(26)14-13-19-11-12-20(29-15-17-7-3-1-4-8-17)22(21(19)24(27)28)30-16-18-9-5-2-6-10-18/h1-14H,15-16H2. The van der Waals surface area contributed by atoms with E-state index in [9.17, 15) is 20.2 Å². The number of hydrogen-bond acceptors (Lipinski definition) is 6. The van der Waals surface area contributed by atoms with Gasteiger partial charge in [0.25, 0.3) is 0 Å². The summed E-state index contributed by atoms with van der Waals surface area (Å²) in [5, 5.41) is 22.5. The SMILES string of the molecule is O=[N+]([O-])C=Cc1ccc(OCc2ccccc2)c(OCc2ccccc2)c1[N+](=O)[O-]. The maximum atomic E-state index is 11.8. The maximum Gasteiger partial charge on any atom is 0.322 e. The molecule has 0 amide bonds. The molecular formula is C22H18N2O6. The Morgan fingerprint density at radius 1 is 0.767 bits per heavy atom. The van der Waals surface area contributed by atoms with Crippen molar-refractivity contribution < 1.29 is 19.3 Å². The Labute approximate surface area is 172 Å². The van der Waals surface area contributed by atoms with E-state index in [1.807, 2.05) is 60.7 Å². The number of hydrogen-bond donors (Lipinski definition) is 0. The van der Waals surface area contributed by atoms with Crippen molar-refractivity contribution in [3.8, 4) is 11.5 Å². The van der Waals surface area contributed by atoms with Crippen LogP contribution in [0, 0.1) is 20.2 Å². The molecule has 0 fully saturated rings. The quantitative estimate of drug-likeness (QED) is 0.366. The van der Waals surface area contributed by atoms with Crippen LogP contribution in [0.3, 0.4) is 0 Å². The van der Waals surface area contributed by atoms with Crippen LogP contribution in [0.2, 0.25) is 0 Å². The van der Waals surface area contributed by atoms with Gasteiger partial charge in [0.05, 0.1) is 15.4 Å². The first-order chi connectivity index (χ1) is 14.5. The number of nitro benzene ring substituents is 1. The van der Waals surface area contributed by atoms with Gasteiger partial charge in [-0.2, -0.15) is 0 Å². The van der Waals surface area contributed by atoms with Crippen LogP contribution in [0.1, 0.15) is 16.7 Å². The van der Waals surface area contributed by atoms with Crippen molar-refractivity contribution in [2.45, 2.75) is 13.2 Å². The van der Waals surface area contributed by atoms with Gasteiger partial charge in [-0.3, -0.25) is 20.2 Å². The summed E-state index contributed by atoms with van der Waals surface area (Å²) >= 11 is 0. The minimum atomic E-state index is -0.686. The van der Waals surface area contributed by atoms with Gasteiger partial charge >= 0.3 is 5.69 Å². The Morgan fingerprint density at radius 3 is 1.87 bits per heavy atom.